The molecule has 0 atom stereocenters. The van der Waals surface area contributed by atoms with E-state index in [-0.39, 0.29) is 0 Å². The Kier molecular flexibility index (Phi) is 5.13. The van der Waals surface area contributed by atoms with Crippen LogP contribution in [0.3, 0.4) is 0 Å². The van der Waals surface area contributed by atoms with Crippen molar-refractivity contribution < 1.29 is 0 Å². The molecule has 1 heterocycles. The Labute approximate surface area is 247 Å². The molecule has 1 aromatic heterocycles. The molecule has 9 rings (SSSR count). The molecule has 0 amide bonds. The Morgan fingerprint density at radius 3 is 1.38 bits per heavy atom. The second kappa shape index (κ2) is 9.17. The van der Waals surface area contributed by atoms with Crippen LogP contribution in [0, 0.1) is 0 Å². The van der Waals surface area contributed by atoms with Crippen LogP contribution in [-0.2, 0) is 0 Å². The predicted octanol–water partition coefficient (Wildman–Crippen LogP) is 12.1. The number of thiophene rings is 1. The molecule has 0 aliphatic heterocycles. The third kappa shape index (κ3) is 3.36. The quantitative estimate of drug-likeness (QED) is 0.197. The fourth-order valence-electron chi connectivity index (χ4n) is 6.86. The average Bonchev–Trinajstić information content (AvgIpc) is 3.45. The van der Waals surface area contributed by atoms with E-state index in [0.717, 1.165) is 11.4 Å². The summed E-state index contributed by atoms with van der Waals surface area (Å²) < 4.78 is 2.63. The lowest BCUT2D eigenvalue weighted by atomic mass is 9.91. The Balaban J connectivity index is 1.47. The van der Waals surface area contributed by atoms with Gasteiger partial charge in [-0.3, -0.25) is 0 Å². The largest absolute Gasteiger partial charge is 0.310 e. The van der Waals surface area contributed by atoms with E-state index in [4.69, 9.17) is 0 Å². The van der Waals surface area contributed by atoms with Crippen molar-refractivity contribution in [1.29, 1.82) is 0 Å². The molecule has 42 heavy (non-hydrogen) atoms. The third-order valence-corrected chi connectivity index (χ3v) is 9.70. The lowest BCUT2D eigenvalue weighted by molar-refractivity contribution is 1.30. The summed E-state index contributed by atoms with van der Waals surface area (Å²) in [5, 5.41) is 13.2. The molecule has 2 heteroatoms. The molecule has 0 unspecified atom stereocenters. The Morgan fingerprint density at radius 1 is 0.333 bits per heavy atom. The van der Waals surface area contributed by atoms with Gasteiger partial charge in [-0.25, -0.2) is 0 Å². The highest BCUT2D eigenvalue weighted by Crippen LogP contribution is 2.49. The first-order valence-corrected chi connectivity index (χ1v) is 15.2. The highest BCUT2D eigenvalue weighted by atomic mass is 32.1. The van der Waals surface area contributed by atoms with Crippen LogP contribution in [0.1, 0.15) is 0 Å². The zero-order valence-corrected chi connectivity index (χ0v) is 23.6. The van der Waals surface area contributed by atoms with Crippen LogP contribution in [-0.4, -0.2) is 0 Å². The first kappa shape index (κ1) is 23.5. The Bertz CT molecular complexity index is 2380. The zero-order chi connectivity index (χ0) is 27.6. The molecule has 0 bridgehead atoms. The fourth-order valence-corrected chi connectivity index (χ4v) is 8.03. The molecular formula is C40H25NS. The van der Waals surface area contributed by atoms with E-state index in [1.807, 2.05) is 11.3 Å². The van der Waals surface area contributed by atoms with Crippen LogP contribution >= 0.6 is 11.3 Å². The minimum absolute atomic E-state index is 1.15. The summed E-state index contributed by atoms with van der Waals surface area (Å²) >= 11 is 1.90. The zero-order valence-electron chi connectivity index (χ0n) is 22.8. The second-order valence-corrected chi connectivity index (χ2v) is 12.0. The average molecular weight is 552 g/mol. The van der Waals surface area contributed by atoms with Gasteiger partial charge >= 0.3 is 0 Å². The molecule has 9 aromatic rings. The van der Waals surface area contributed by atoms with Crippen LogP contribution in [0.5, 0.6) is 0 Å². The van der Waals surface area contributed by atoms with Gasteiger partial charge in [0.15, 0.2) is 0 Å². The van der Waals surface area contributed by atoms with Crippen LogP contribution in [0.4, 0.5) is 17.1 Å². The Morgan fingerprint density at radius 2 is 0.786 bits per heavy atom. The number of benzene rings is 8. The third-order valence-electron chi connectivity index (χ3n) is 8.60. The van der Waals surface area contributed by atoms with Gasteiger partial charge in [0.25, 0.3) is 0 Å². The molecule has 8 aromatic carbocycles. The van der Waals surface area contributed by atoms with Crippen LogP contribution in [0.25, 0.3) is 63.3 Å². The second-order valence-electron chi connectivity index (χ2n) is 10.9. The van der Waals surface area contributed by atoms with Crippen molar-refractivity contribution in [2.45, 2.75) is 0 Å². The molecule has 196 valence electrons. The van der Waals surface area contributed by atoms with Crippen molar-refractivity contribution in [3.8, 4) is 0 Å². The maximum atomic E-state index is 2.41. The lowest BCUT2D eigenvalue weighted by Gasteiger charge is -2.27. The maximum Gasteiger partial charge on any atom is 0.0554 e. The number of para-hydroxylation sites is 2. The van der Waals surface area contributed by atoms with E-state index >= 15 is 0 Å². The SMILES string of the molecule is c1ccc(N(c2ccccc2)c2cc3sc4ccc5c6ccccc6c6ccccc6c5c4c3c3ccccc23)cc1. The summed E-state index contributed by atoms with van der Waals surface area (Å²) in [6, 6.07) is 55.2. The summed E-state index contributed by atoms with van der Waals surface area (Å²) in [5.41, 5.74) is 3.50. The molecule has 0 aliphatic rings. The normalized spacial score (nSPS) is 11.8. The monoisotopic (exact) mass is 551 g/mol. The van der Waals surface area contributed by atoms with E-state index in [2.05, 4.69) is 157 Å². The van der Waals surface area contributed by atoms with Gasteiger partial charge in [0.2, 0.25) is 0 Å². The minimum Gasteiger partial charge on any atom is -0.310 e. The number of hydrogen-bond donors (Lipinski definition) is 0. The summed E-state index contributed by atoms with van der Waals surface area (Å²) in [4.78, 5) is 2.40. The highest BCUT2D eigenvalue weighted by molar-refractivity contribution is 7.26. The number of nitrogens with zero attached hydrogens (tertiary/aromatic N) is 1. The molecule has 0 saturated heterocycles. The van der Waals surface area contributed by atoms with E-state index in [1.165, 1.54) is 68.9 Å². The van der Waals surface area contributed by atoms with Crippen LogP contribution in [0.2, 0.25) is 0 Å². The smallest absolute Gasteiger partial charge is 0.0554 e. The standard InChI is InChI=1S/C40H25NS/c1-3-13-26(14-4-1)41(27-15-5-2-6-16-27)35-25-37-39(33-22-12-10-20-31(33)35)40-36(42-37)24-23-34-30-19-8-7-17-28(30)29-18-9-11-21-32(29)38(34)40/h1-25H. The molecule has 0 saturated carbocycles. The summed E-state index contributed by atoms with van der Waals surface area (Å²) in [5.74, 6) is 0. The minimum atomic E-state index is 1.15. The molecule has 0 spiro atoms. The van der Waals surface area contributed by atoms with Crippen molar-refractivity contribution >= 4 is 91.7 Å². The van der Waals surface area contributed by atoms with Crippen molar-refractivity contribution in [3.63, 3.8) is 0 Å². The number of rotatable bonds is 3. The number of hydrogen-bond acceptors (Lipinski definition) is 2. The van der Waals surface area contributed by atoms with E-state index in [0.29, 0.717) is 0 Å². The van der Waals surface area contributed by atoms with Gasteiger partial charge in [0.1, 0.15) is 0 Å². The molecule has 1 nitrogen and oxygen atoms in total. The van der Waals surface area contributed by atoms with Crippen molar-refractivity contribution in [2.24, 2.45) is 0 Å². The van der Waals surface area contributed by atoms with Crippen LogP contribution < -0.4 is 4.90 Å². The van der Waals surface area contributed by atoms with Crippen LogP contribution in [0.15, 0.2) is 152 Å². The van der Waals surface area contributed by atoms with Crippen molar-refractivity contribution in [3.05, 3.63) is 152 Å². The molecular weight excluding hydrogens is 527 g/mol. The van der Waals surface area contributed by atoms with Gasteiger partial charge in [0.05, 0.1) is 5.69 Å². The summed E-state index contributed by atoms with van der Waals surface area (Å²) in [7, 11) is 0. The molecule has 0 aliphatic carbocycles. The highest BCUT2D eigenvalue weighted by Gasteiger charge is 2.21. The van der Waals surface area contributed by atoms with Gasteiger partial charge < -0.3 is 4.90 Å². The Hall–Kier alpha value is -5.18. The first-order valence-electron chi connectivity index (χ1n) is 14.4. The molecule has 0 fully saturated rings. The van der Waals surface area contributed by atoms with Gasteiger partial charge in [-0.2, -0.15) is 0 Å². The van der Waals surface area contributed by atoms with Gasteiger partial charge in [0, 0.05) is 36.9 Å². The van der Waals surface area contributed by atoms with E-state index < -0.39 is 0 Å². The molecule has 0 radical (unpaired) electrons. The number of fused-ring (bicyclic) bond motifs is 12. The number of anilines is 3. The topological polar surface area (TPSA) is 3.24 Å². The van der Waals surface area contributed by atoms with E-state index in [9.17, 15) is 0 Å². The molecule has 0 N–H and O–H groups in total. The van der Waals surface area contributed by atoms with Gasteiger partial charge in [-0.15, -0.1) is 11.3 Å². The van der Waals surface area contributed by atoms with Crippen molar-refractivity contribution in [2.75, 3.05) is 4.90 Å². The first-order chi connectivity index (χ1) is 20.9. The van der Waals surface area contributed by atoms with E-state index in [1.54, 1.807) is 0 Å². The van der Waals surface area contributed by atoms with Gasteiger partial charge in [-0.05, 0) is 74.1 Å². The summed E-state index contributed by atoms with van der Waals surface area (Å²) in [6.45, 7) is 0. The maximum absolute atomic E-state index is 2.41. The summed E-state index contributed by atoms with van der Waals surface area (Å²) in [6.07, 6.45) is 0. The van der Waals surface area contributed by atoms with Gasteiger partial charge in [-0.1, -0.05) is 115 Å². The van der Waals surface area contributed by atoms with Crippen molar-refractivity contribution in [1.82, 2.24) is 0 Å². The fraction of sp³-hybridized carbons (Fsp3) is 0. The lowest BCUT2D eigenvalue weighted by Crippen LogP contribution is -2.10. The predicted molar refractivity (Wildman–Crippen MR) is 184 cm³/mol.